The van der Waals surface area contributed by atoms with Gasteiger partial charge in [0.1, 0.15) is 0 Å². The molecular formula is C8H19NO2. The van der Waals surface area contributed by atoms with Crippen LogP contribution in [0.1, 0.15) is 13.8 Å². The van der Waals surface area contributed by atoms with E-state index in [0.717, 1.165) is 13.2 Å². The molecule has 1 unspecified atom stereocenters. The second-order valence-electron chi connectivity index (χ2n) is 2.46. The zero-order chi connectivity index (χ0) is 8.53. The van der Waals surface area contributed by atoms with Gasteiger partial charge in [-0.05, 0) is 20.9 Å². The highest BCUT2D eigenvalue weighted by molar-refractivity contribution is 4.52. The topological polar surface area (TPSA) is 30.5 Å². The smallest absolute Gasteiger partial charge is 0.0701 e. The molecular weight excluding hydrogens is 142 g/mol. The minimum absolute atomic E-state index is 0.427. The van der Waals surface area contributed by atoms with Crippen molar-refractivity contribution in [2.45, 2.75) is 19.9 Å². The van der Waals surface area contributed by atoms with Crippen molar-refractivity contribution in [2.75, 3.05) is 33.5 Å². The maximum absolute atomic E-state index is 5.30. The maximum atomic E-state index is 5.30. The summed E-state index contributed by atoms with van der Waals surface area (Å²) in [5, 5.41) is 3.09. The predicted octanol–water partition coefficient (Wildman–Crippen LogP) is 0.647. The lowest BCUT2D eigenvalue weighted by atomic mass is 10.4. The van der Waals surface area contributed by atoms with Gasteiger partial charge in [0, 0.05) is 12.6 Å². The van der Waals surface area contributed by atoms with Crippen LogP contribution in [0, 0.1) is 0 Å². The van der Waals surface area contributed by atoms with Crippen LogP contribution in [0.15, 0.2) is 0 Å². The Hall–Kier alpha value is -0.120. The second kappa shape index (κ2) is 7.98. The Bertz CT molecular complexity index is 78.5. The fraction of sp³-hybridized carbons (Fsp3) is 1.00. The Labute approximate surface area is 69.1 Å². The van der Waals surface area contributed by atoms with Crippen molar-refractivity contribution in [3.05, 3.63) is 0 Å². The quantitative estimate of drug-likeness (QED) is 0.556. The first-order valence-electron chi connectivity index (χ1n) is 4.14. The molecule has 0 saturated heterocycles. The van der Waals surface area contributed by atoms with E-state index in [4.69, 9.17) is 9.47 Å². The van der Waals surface area contributed by atoms with Gasteiger partial charge in [0.25, 0.3) is 0 Å². The van der Waals surface area contributed by atoms with Crippen LogP contribution >= 0.6 is 0 Å². The van der Waals surface area contributed by atoms with E-state index < -0.39 is 0 Å². The standard InChI is InChI=1S/C8H19NO2/c1-4-10-5-6-11-7-8(2)9-3/h8-9H,4-7H2,1-3H3. The molecule has 0 rings (SSSR count). The van der Waals surface area contributed by atoms with E-state index in [9.17, 15) is 0 Å². The Morgan fingerprint density at radius 3 is 2.45 bits per heavy atom. The van der Waals surface area contributed by atoms with E-state index in [1.165, 1.54) is 0 Å². The molecule has 0 spiro atoms. The molecule has 1 atom stereocenters. The lowest BCUT2D eigenvalue weighted by molar-refractivity contribution is 0.0461. The van der Waals surface area contributed by atoms with Crippen molar-refractivity contribution >= 4 is 0 Å². The number of likely N-dealkylation sites (N-methyl/N-ethyl adjacent to an activating group) is 1. The van der Waals surface area contributed by atoms with Crippen molar-refractivity contribution in [1.29, 1.82) is 0 Å². The summed E-state index contributed by atoms with van der Waals surface area (Å²) < 4.78 is 10.4. The highest BCUT2D eigenvalue weighted by Gasteiger charge is 1.95. The van der Waals surface area contributed by atoms with Crippen molar-refractivity contribution in [2.24, 2.45) is 0 Å². The molecule has 3 heteroatoms. The normalized spacial score (nSPS) is 13.4. The summed E-state index contributed by atoms with van der Waals surface area (Å²) in [6, 6.07) is 0.427. The summed E-state index contributed by atoms with van der Waals surface area (Å²) in [4.78, 5) is 0. The van der Waals surface area contributed by atoms with E-state index in [-0.39, 0.29) is 0 Å². The first-order chi connectivity index (χ1) is 5.31. The molecule has 11 heavy (non-hydrogen) atoms. The Morgan fingerprint density at radius 2 is 1.91 bits per heavy atom. The van der Waals surface area contributed by atoms with Crippen LogP contribution in [0.25, 0.3) is 0 Å². The molecule has 0 aromatic carbocycles. The van der Waals surface area contributed by atoms with Crippen LogP contribution in [-0.2, 0) is 9.47 Å². The fourth-order valence-electron chi connectivity index (χ4n) is 0.606. The van der Waals surface area contributed by atoms with Crippen LogP contribution < -0.4 is 5.32 Å². The van der Waals surface area contributed by atoms with Crippen LogP contribution in [0.4, 0.5) is 0 Å². The molecule has 0 heterocycles. The van der Waals surface area contributed by atoms with E-state index in [2.05, 4.69) is 12.2 Å². The highest BCUT2D eigenvalue weighted by atomic mass is 16.5. The molecule has 1 N–H and O–H groups in total. The molecule has 0 amide bonds. The molecule has 68 valence electrons. The molecule has 0 aromatic rings. The predicted molar refractivity (Wildman–Crippen MR) is 45.8 cm³/mol. The third-order valence-corrected chi connectivity index (χ3v) is 1.44. The Morgan fingerprint density at radius 1 is 1.27 bits per heavy atom. The van der Waals surface area contributed by atoms with Crippen LogP contribution in [0.2, 0.25) is 0 Å². The molecule has 0 aliphatic heterocycles. The van der Waals surface area contributed by atoms with Crippen LogP contribution in [0.5, 0.6) is 0 Å². The minimum Gasteiger partial charge on any atom is -0.379 e. The lowest BCUT2D eigenvalue weighted by Crippen LogP contribution is -2.27. The average Bonchev–Trinajstić information content (AvgIpc) is 2.04. The van der Waals surface area contributed by atoms with Crippen LogP contribution in [-0.4, -0.2) is 39.5 Å². The summed E-state index contributed by atoms with van der Waals surface area (Å²) in [5.74, 6) is 0. The van der Waals surface area contributed by atoms with Crippen molar-refractivity contribution in [3.63, 3.8) is 0 Å². The van der Waals surface area contributed by atoms with E-state index in [1.54, 1.807) is 0 Å². The zero-order valence-corrected chi connectivity index (χ0v) is 7.72. The van der Waals surface area contributed by atoms with Gasteiger partial charge < -0.3 is 14.8 Å². The van der Waals surface area contributed by atoms with Gasteiger partial charge in [0.15, 0.2) is 0 Å². The van der Waals surface area contributed by atoms with E-state index >= 15 is 0 Å². The zero-order valence-electron chi connectivity index (χ0n) is 7.72. The summed E-state index contributed by atoms with van der Waals surface area (Å²) in [7, 11) is 1.93. The minimum atomic E-state index is 0.427. The van der Waals surface area contributed by atoms with Gasteiger partial charge >= 0.3 is 0 Å². The third-order valence-electron chi connectivity index (χ3n) is 1.44. The summed E-state index contributed by atoms with van der Waals surface area (Å²) in [6.45, 7) is 6.98. The molecule has 3 nitrogen and oxygen atoms in total. The van der Waals surface area contributed by atoms with Crippen molar-refractivity contribution < 1.29 is 9.47 Å². The largest absolute Gasteiger partial charge is 0.379 e. The number of rotatable bonds is 7. The van der Waals surface area contributed by atoms with Gasteiger partial charge in [-0.25, -0.2) is 0 Å². The maximum Gasteiger partial charge on any atom is 0.0701 e. The second-order valence-corrected chi connectivity index (χ2v) is 2.46. The summed E-state index contributed by atoms with van der Waals surface area (Å²) in [6.07, 6.45) is 0. The van der Waals surface area contributed by atoms with E-state index in [1.807, 2.05) is 14.0 Å². The molecule has 0 radical (unpaired) electrons. The molecule has 0 saturated carbocycles. The van der Waals surface area contributed by atoms with Crippen molar-refractivity contribution in [3.8, 4) is 0 Å². The summed E-state index contributed by atoms with van der Waals surface area (Å²) in [5.41, 5.74) is 0. The van der Waals surface area contributed by atoms with Gasteiger partial charge in [0.2, 0.25) is 0 Å². The van der Waals surface area contributed by atoms with Gasteiger partial charge in [-0.2, -0.15) is 0 Å². The fourth-order valence-corrected chi connectivity index (χ4v) is 0.606. The first-order valence-corrected chi connectivity index (χ1v) is 4.14. The Kier molecular flexibility index (Phi) is 7.89. The van der Waals surface area contributed by atoms with Gasteiger partial charge in [-0.3, -0.25) is 0 Å². The SMILES string of the molecule is CCOCCOCC(C)NC. The molecule has 0 bridgehead atoms. The van der Waals surface area contributed by atoms with Crippen LogP contribution in [0.3, 0.4) is 0 Å². The van der Waals surface area contributed by atoms with Gasteiger partial charge in [-0.1, -0.05) is 0 Å². The number of hydrogen-bond acceptors (Lipinski definition) is 3. The monoisotopic (exact) mass is 161 g/mol. The molecule has 0 aromatic heterocycles. The molecule has 0 aliphatic carbocycles. The molecule has 0 fully saturated rings. The average molecular weight is 161 g/mol. The summed E-state index contributed by atoms with van der Waals surface area (Å²) >= 11 is 0. The highest BCUT2D eigenvalue weighted by Crippen LogP contribution is 1.83. The van der Waals surface area contributed by atoms with Crippen molar-refractivity contribution in [1.82, 2.24) is 5.32 Å². The van der Waals surface area contributed by atoms with Gasteiger partial charge in [-0.15, -0.1) is 0 Å². The van der Waals surface area contributed by atoms with E-state index in [0.29, 0.717) is 19.3 Å². The number of ether oxygens (including phenoxy) is 2. The number of nitrogens with one attached hydrogen (secondary N) is 1. The first kappa shape index (κ1) is 10.9. The lowest BCUT2D eigenvalue weighted by Gasteiger charge is -2.10. The Balaban J connectivity index is 2.89. The van der Waals surface area contributed by atoms with Gasteiger partial charge in [0.05, 0.1) is 19.8 Å². The molecule has 0 aliphatic rings. The third kappa shape index (κ3) is 7.78. The number of hydrogen-bond donors (Lipinski definition) is 1.